The molecule has 1 unspecified atom stereocenters. The van der Waals surface area contributed by atoms with Crippen molar-refractivity contribution in [1.82, 2.24) is 0 Å². The van der Waals surface area contributed by atoms with E-state index in [0.717, 1.165) is 22.3 Å². The molecule has 0 bridgehead atoms. The zero-order chi connectivity index (χ0) is 15.6. The van der Waals surface area contributed by atoms with Crippen molar-refractivity contribution >= 4 is 0 Å². The molecule has 112 valence electrons. The Balaban J connectivity index is 2.30. The van der Waals surface area contributed by atoms with Crippen LogP contribution in [0.5, 0.6) is 5.75 Å². The number of alkyl halides is 2. The fourth-order valence-corrected chi connectivity index (χ4v) is 2.62. The van der Waals surface area contributed by atoms with E-state index in [1.165, 1.54) is 12.1 Å². The summed E-state index contributed by atoms with van der Waals surface area (Å²) >= 11 is 0. The third-order valence-corrected chi connectivity index (χ3v) is 3.43. The fraction of sp³-hybridized carbons (Fsp3) is 0.294. The average Bonchev–Trinajstić information content (AvgIpc) is 2.37. The van der Waals surface area contributed by atoms with E-state index in [-0.39, 0.29) is 5.75 Å². The highest BCUT2D eigenvalue weighted by Crippen LogP contribution is 2.29. The van der Waals surface area contributed by atoms with E-state index in [0.29, 0.717) is 5.56 Å². The van der Waals surface area contributed by atoms with Gasteiger partial charge in [0.25, 0.3) is 0 Å². The normalized spacial score (nSPS) is 12.5. The van der Waals surface area contributed by atoms with E-state index in [1.807, 2.05) is 32.9 Å². The van der Waals surface area contributed by atoms with Crippen LogP contribution in [-0.4, -0.2) is 11.7 Å². The maximum Gasteiger partial charge on any atom is 0.387 e. The molecule has 0 spiro atoms. The number of benzene rings is 2. The molecule has 0 amide bonds. The molecule has 2 nitrogen and oxygen atoms in total. The average molecular weight is 292 g/mol. The summed E-state index contributed by atoms with van der Waals surface area (Å²) < 4.78 is 28.5. The summed E-state index contributed by atoms with van der Waals surface area (Å²) in [7, 11) is 0. The minimum Gasteiger partial charge on any atom is -0.435 e. The molecule has 0 saturated heterocycles. The van der Waals surface area contributed by atoms with Gasteiger partial charge >= 0.3 is 6.61 Å². The van der Waals surface area contributed by atoms with Crippen LogP contribution in [-0.2, 0) is 0 Å². The lowest BCUT2D eigenvalue weighted by Crippen LogP contribution is -2.06. The highest BCUT2D eigenvalue weighted by molar-refractivity contribution is 5.43. The first-order valence-electron chi connectivity index (χ1n) is 6.69. The predicted molar refractivity (Wildman–Crippen MR) is 77.8 cm³/mol. The molecule has 0 aliphatic heterocycles. The Kier molecular flexibility index (Phi) is 4.58. The van der Waals surface area contributed by atoms with E-state index >= 15 is 0 Å². The van der Waals surface area contributed by atoms with Gasteiger partial charge in [0.05, 0.1) is 0 Å². The number of hydrogen-bond donors (Lipinski definition) is 1. The molecule has 2 aromatic carbocycles. The number of rotatable bonds is 4. The van der Waals surface area contributed by atoms with Crippen LogP contribution in [0.15, 0.2) is 36.4 Å². The monoisotopic (exact) mass is 292 g/mol. The third-order valence-electron chi connectivity index (χ3n) is 3.43. The molecular weight excluding hydrogens is 274 g/mol. The lowest BCUT2D eigenvalue weighted by Gasteiger charge is -2.18. The van der Waals surface area contributed by atoms with Crippen molar-refractivity contribution < 1.29 is 18.6 Å². The molecule has 21 heavy (non-hydrogen) atoms. The molecule has 0 saturated carbocycles. The minimum absolute atomic E-state index is 0.0818. The van der Waals surface area contributed by atoms with Crippen LogP contribution in [0.4, 0.5) is 8.78 Å². The van der Waals surface area contributed by atoms with Crippen LogP contribution in [0, 0.1) is 20.8 Å². The standard InChI is InChI=1S/C17H18F2O2/c1-10-8-11(2)15(12(3)9-10)16(20)13-4-6-14(7-5-13)21-17(18)19/h4-9,16-17,20H,1-3H3. The summed E-state index contributed by atoms with van der Waals surface area (Å²) in [6, 6.07) is 10.1. The molecule has 1 atom stereocenters. The van der Waals surface area contributed by atoms with E-state index in [4.69, 9.17) is 0 Å². The maximum absolute atomic E-state index is 12.1. The number of halogens is 2. The molecular formula is C17H18F2O2. The summed E-state index contributed by atoms with van der Waals surface area (Å²) in [4.78, 5) is 0. The zero-order valence-corrected chi connectivity index (χ0v) is 12.2. The Morgan fingerprint density at radius 2 is 1.48 bits per heavy atom. The van der Waals surface area contributed by atoms with Crippen molar-refractivity contribution in [2.75, 3.05) is 0 Å². The molecule has 2 aromatic rings. The Hall–Kier alpha value is -1.94. The van der Waals surface area contributed by atoms with Crippen LogP contribution in [0.3, 0.4) is 0 Å². The fourth-order valence-electron chi connectivity index (χ4n) is 2.62. The van der Waals surface area contributed by atoms with Crippen LogP contribution in [0.1, 0.15) is 33.9 Å². The Morgan fingerprint density at radius 1 is 0.952 bits per heavy atom. The molecule has 0 fully saturated rings. The number of aliphatic hydroxyl groups is 1. The molecule has 0 aromatic heterocycles. The minimum atomic E-state index is -2.85. The summed E-state index contributed by atoms with van der Waals surface area (Å²) in [5, 5.41) is 10.5. The Labute approximate surface area is 123 Å². The first-order valence-corrected chi connectivity index (χ1v) is 6.69. The molecule has 0 aliphatic rings. The SMILES string of the molecule is Cc1cc(C)c(C(O)c2ccc(OC(F)F)cc2)c(C)c1. The first-order chi connectivity index (χ1) is 9.88. The van der Waals surface area contributed by atoms with Crippen LogP contribution < -0.4 is 4.74 Å². The third kappa shape index (κ3) is 3.58. The summed E-state index contributed by atoms with van der Waals surface area (Å²) in [6.07, 6.45) is -0.786. The van der Waals surface area contributed by atoms with Gasteiger partial charge < -0.3 is 9.84 Å². The van der Waals surface area contributed by atoms with Crippen molar-refractivity contribution in [3.05, 3.63) is 64.2 Å². The molecule has 1 N–H and O–H groups in total. The summed E-state index contributed by atoms with van der Waals surface area (Å²) in [5.74, 6) is 0.0818. The summed E-state index contributed by atoms with van der Waals surface area (Å²) in [5.41, 5.74) is 4.65. The number of aliphatic hydroxyl groups excluding tert-OH is 1. The van der Waals surface area contributed by atoms with Crippen LogP contribution >= 0.6 is 0 Å². The highest BCUT2D eigenvalue weighted by Gasteiger charge is 2.16. The largest absolute Gasteiger partial charge is 0.435 e. The van der Waals surface area contributed by atoms with Gasteiger partial charge in [-0.05, 0) is 55.2 Å². The zero-order valence-electron chi connectivity index (χ0n) is 12.2. The molecule has 0 radical (unpaired) electrons. The van der Waals surface area contributed by atoms with Crippen molar-refractivity contribution in [2.45, 2.75) is 33.5 Å². The van der Waals surface area contributed by atoms with Gasteiger partial charge in [0.1, 0.15) is 11.9 Å². The van der Waals surface area contributed by atoms with Gasteiger partial charge in [-0.2, -0.15) is 8.78 Å². The van der Waals surface area contributed by atoms with Gasteiger partial charge in [-0.3, -0.25) is 0 Å². The van der Waals surface area contributed by atoms with Gasteiger partial charge in [0, 0.05) is 0 Å². The smallest absolute Gasteiger partial charge is 0.387 e. The highest BCUT2D eigenvalue weighted by atomic mass is 19.3. The molecule has 4 heteroatoms. The quantitative estimate of drug-likeness (QED) is 0.910. The van der Waals surface area contributed by atoms with Gasteiger partial charge in [-0.25, -0.2) is 0 Å². The number of hydrogen-bond acceptors (Lipinski definition) is 2. The molecule has 0 aliphatic carbocycles. The topological polar surface area (TPSA) is 29.5 Å². The molecule has 0 heterocycles. The van der Waals surface area contributed by atoms with Crippen LogP contribution in [0.2, 0.25) is 0 Å². The van der Waals surface area contributed by atoms with E-state index in [1.54, 1.807) is 12.1 Å². The number of ether oxygens (including phenoxy) is 1. The first kappa shape index (κ1) is 15.4. The lowest BCUT2D eigenvalue weighted by molar-refractivity contribution is -0.0498. The van der Waals surface area contributed by atoms with Crippen molar-refractivity contribution in [3.63, 3.8) is 0 Å². The summed E-state index contributed by atoms with van der Waals surface area (Å²) in [6.45, 7) is 3.06. The molecule has 2 rings (SSSR count). The van der Waals surface area contributed by atoms with Gasteiger partial charge in [-0.15, -0.1) is 0 Å². The van der Waals surface area contributed by atoms with E-state index < -0.39 is 12.7 Å². The van der Waals surface area contributed by atoms with Gasteiger partial charge in [0.2, 0.25) is 0 Å². The predicted octanol–water partition coefficient (Wildman–Crippen LogP) is 4.29. The lowest BCUT2D eigenvalue weighted by atomic mass is 9.92. The Bertz CT molecular complexity index is 598. The Morgan fingerprint density at radius 3 is 1.95 bits per heavy atom. The van der Waals surface area contributed by atoms with Crippen LogP contribution in [0.25, 0.3) is 0 Å². The van der Waals surface area contributed by atoms with Gasteiger partial charge in [-0.1, -0.05) is 29.8 Å². The van der Waals surface area contributed by atoms with E-state index in [9.17, 15) is 13.9 Å². The second-order valence-electron chi connectivity index (χ2n) is 5.16. The second kappa shape index (κ2) is 6.22. The van der Waals surface area contributed by atoms with Crippen molar-refractivity contribution in [1.29, 1.82) is 0 Å². The van der Waals surface area contributed by atoms with Crippen molar-refractivity contribution in [2.24, 2.45) is 0 Å². The maximum atomic E-state index is 12.1. The van der Waals surface area contributed by atoms with Crippen molar-refractivity contribution in [3.8, 4) is 5.75 Å². The van der Waals surface area contributed by atoms with E-state index in [2.05, 4.69) is 4.74 Å². The second-order valence-corrected chi connectivity index (χ2v) is 5.16. The van der Waals surface area contributed by atoms with Gasteiger partial charge in [0.15, 0.2) is 0 Å². The number of aryl methyl sites for hydroxylation is 3.